The van der Waals surface area contributed by atoms with Crippen LogP contribution in [0.25, 0.3) is 11.3 Å². The van der Waals surface area contributed by atoms with Crippen LogP contribution in [0.15, 0.2) is 67.1 Å². The van der Waals surface area contributed by atoms with Crippen LogP contribution in [-0.2, 0) is 9.19 Å². The Kier molecular flexibility index (Phi) is 4.64. The van der Waals surface area contributed by atoms with E-state index in [2.05, 4.69) is 15.0 Å². The summed E-state index contributed by atoms with van der Waals surface area (Å²) >= 11 is 0. The van der Waals surface area contributed by atoms with Gasteiger partial charge in [0.1, 0.15) is 0 Å². The number of pyridine rings is 1. The number of nitrogens with zero attached hydrogens (tertiary/aromatic N) is 4. The second-order valence-electron chi connectivity index (χ2n) is 4.69. The number of aromatic nitrogens is 3. The zero-order valence-electron chi connectivity index (χ0n) is 12.3. The van der Waals surface area contributed by atoms with E-state index in [0.29, 0.717) is 11.4 Å². The van der Waals surface area contributed by atoms with E-state index in [1.165, 1.54) is 6.20 Å². The van der Waals surface area contributed by atoms with Gasteiger partial charge in [0.2, 0.25) is 0 Å². The van der Waals surface area contributed by atoms with Gasteiger partial charge in [-0.2, -0.15) is 9.69 Å². The Morgan fingerprint density at radius 2 is 1.79 bits per heavy atom. The van der Waals surface area contributed by atoms with E-state index in [1.54, 1.807) is 54.9 Å². The van der Waals surface area contributed by atoms with Gasteiger partial charge in [-0.15, -0.1) is 0 Å². The zero-order chi connectivity index (χ0) is 17.0. The summed E-state index contributed by atoms with van der Waals surface area (Å²) in [5.74, 6) is -0.00845. The monoisotopic (exact) mass is 344 g/mol. The summed E-state index contributed by atoms with van der Waals surface area (Å²) in [4.78, 5) is 30.7. The number of rotatable bonds is 5. The molecule has 0 aliphatic heterocycles. The highest BCUT2D eigenvalue weighted by molar-refractivity contribution is 7.46. The molecule has 24 heavy (non-hydrogen) atoms. The van der Waals surface area contributed by atoms with Gasteiger partial charge in [0, 0.05) is 24.2 Å². The van der Waals surface area contributed by atoms with Crippen LogP contribution >= 0.6 is 7.82 Å². The normalized spacial score (nSPS) is 11.2. The molecule has 1 aromatic carbocycles. The Bertz CT molecular complexity index is 858. The summed E-state index contributed by atoms with van der Waals surface area (Å²) in [6.45, 7) is 0. The van der Waals surface area contributed by atoms with Crippen molar-refractivity contribution in [2.24, 2.45) is 0 Å². The molecule has 0 amide bonds. The first-order valence-electron chi connectivity index (χ1n) is 6.87. The Morgan fingerprint density at radius 1 is 1.00 bits per heavy atom. The summed E-state index contributed by atoms with van der Waals surface area (Å²) in [5.41, 5.74) is 1.66. The quantitative estimate of drug-likeness (QED) is 0.537. The second kappa shape index (κ2) is 6.86. The molecule has 8 nitrogen and oxygen atoms in total. The van der Waals surface area contributed by atoms with Gasteiger partial charge in [-0.25, -0.2) is 14.5 Å². The minimum Gasteiger partial charge on any atom is -0.301 e. The van der Waals surface area contributed by atoms with Crippen LogP contribution in [0.5, 0.6) is 0 Å². The van der Waals surface area contributed by atoms with Gasteiger partial charge in [0.25, 0.3) is 5.95 Å². The van der Waals surface area contributed by atoms with E-state index < -0.39 is 7.82 Å². The molecule has 2 N–H and O–H groups in total. The van der Waals surface area contributed by atoms with Gasteiger partial charge in [-0.3, -0.25) is 4.98 Å². The molecule has 2 heterocycles. The average molecular weight is 344 g/mol. The van der Waals surface area contributed by atoms with E-state index in [-0.39, 0.29) is 5.95 Å². The maximum atomic E-state index is 11.3. The van der Waals surface area contributed by atoms with Crippen molar-refractivity contribution in [1.82, 2.24) is 15.0 Å². The number of benzene rings is 1. The highest BCUT2D eigenvalue weighted by atomic mass is 31.2. The lowest BCUT2D eigenvalue weighted by Gasteiger charge is -2.21. The fourth-order valence-corrected chi connectivity index (χ4v) is 2.37. The van der Waals surface area contributed by atoms with Crippen molar-refractivity contribution in [1.29, 1.82) is 0 Å². The van der Waals surface area contributed by atoms with E-state index in [0.717, 1.165) is 10.6 Å². The predicted octanol–water partition coefficient (Wildman–Crippen LogP) is 2.70. The Balaban J connectivity index is 2.04. The largest absolute Gasteiger partial charge is 0.491 e. The second-order valence-corrected chi connectivity index (χ2v) is 5.83. The van der Waals surface area contributed by atoms with Crippen molar-refractivity contribution in [3.05, 3.63) is 67.1 Å². The van der Waals surface area contributed by atoms with Gasteiger partial charge in [-0.1, -0.05) is 18.2 Å². The third-order valence-corrected chi connectivity index (χ3v) is 3.34. The number of para-hydroxylation sites is 1. The summed E-state index contributed by atoms with van der Waals surface area (Å²) in [7, 11) is -4.81. The van der Waals surface area contributed by atoms with E-state index >= 15 is 0 Å². The lowest BCUT2D eigenvalue weighted by molar-refractivity contribution is 0.196. The molecule has 0 unspecified atom stereocenters. The van der Waals surface area contributed by atoms with Crippen LogP contribution < -0.4 is 5.06 Å². The fourth-order valence-electron chi connectivity index (χ4n) is 1.99. The number of anilines is 2. The van der Waals surface area contributed by atoms with Crippen LogP contribution in [0.2, 0.25) is 0 Å². The molecule has 0 spiro atoms. The molecule has 0 saturated carbocycles. The zero-order valence-corrected chi connectivity index (χ0v) is 13.2. The van der Waals surface area contributed by atoms with Crippen molar-refractivity contribution in [3.63, 3.8) is 0 Å². The molecule has 0 radical (unpaired) electrons. The molecular weight excluding hydrogens is 331 g/mol. The topological polar surface area (TPSA) is 109 Å². The SMILES string of the molecule is O=P(O)(O)ON(c1ccccc1)c1nccc(-c2cccnc2)n1. The molecule has 2 aromatic heterocycles. The van der Waals surface area contributed by atoms with Crippen LogP contribution in [0.3, 0.4) is 0 Å². The molecule has 0 bridgehead atoms. The highest BCUT2D eigenvalue weighted by Gasteiger charge is 2.25. The molecule has 0 saturated heterocycles. The first-order valence-corrected chi connectivity index (χ1v) is 8.40. The molecule has 3 aromatic rings. The standard InChI is InChI=1S/C15H13N4O4P/c20-24(21,22)23-19(13-6-2-1-3-7-13)15-17-10-8-14(18-15)12-5-4-9-16-11-12/h1-11H,(H2,20,21,22). The van der Waals surface area contributed by atoms with Crippen LogP contribution in [-0.4, -0.2) is 24.7 Å². The Hall–Kier alpha value is -2.64. The molecular formula is C15H13N4O4P. The summed E-state index contributed by atoms with van der Waals surface area (Å²) in [6.07, 6.45) is 4.74. The number of phosphoric acid groups is 1. The summed E-state index contributed by atoms with van der Waals surface area (Å²) in [5, 5.41) is 0.903. The van der Waals surface area contributed by atoms with E-state index in [1.807, 2.05) is 6.07 Å². The summed E-state index contributed by atoms with van der Waals surface area (Å²) in [6, 6.07) is 13.7. The van der Waals surface area contributed by atoms with Gasteiger partial charge in [-0.05, 0) is 30.3 Å². The van der Waals surface area contributed by atoms with Gasteiger partial charge >= 0.3 is 7.82 Å². The van der Waals surface area contributed by atoms with Crippen LogP contribution in [0.4, 0.5) is 11.6 Å². The highest BCUT2D eigenvalue weighted by Crippen LogP contribution is 2.41. The minimum absolute atomic E-state index is 0.00845. The van der Waals surface area contributed by atoms with Gasteiger partial charge < -0.3 is 9.79 Å². The third kappa shape index (κ3) is 4.01. The Labute approximate surface area is 137 Å². The first-order chi connectivity index (χ1) is 11.5. The minimum atomic E-state index is -4.81. The molecule has 9 heteroatoms. The molecule has 0 aliphatic carbocycles. The maximum Gasteiger partial charge on any atom is 0.491 e. The molecule has 0 aliphatic rings. The van der Waals surface area contributed by atoms with Crippen LogP contribution in [0, 0.1) is 0 Å². The van der Waals surface area contributed by atoms with Crippen molar-refractivity contribution < 1.29 is 19.0 Å². The van der Waals surface area contributed by atoms with Crippen molar-refractivity contribution in [3.8, 4) is 11.3 Å². The maximum absolute atomic E-state index is 11.3. The number of hydrogen-bond acceptors (Lipinski definition) is 6. The third-order valence-electron chi connectivity index (χ3n) is 2.96. The van der Waals surface area contributed by atoms with Gasteiger partial charge in [0.15, 0.2) is 0 Å². The first kappa shape index (κ1) is 16.2. The molecule has 0 fully saturated rings. The summed E-state index contributed by atoms with van der Waals surface area (Å²) < 4.78 is 16.1. The fraction of sp³-hybridized carbons (Fsp3) is 0. The van der Waals surface area contributed by atoms with Crippen LogP contribution in [0.1, 0.15) is 0 Å². The van der Waals surface area contributed by atoms with E-state index in [4.69, 9.17) is 4.62 Å². The molecule has 0 atom stereocenters. The smallest absolute Gasteiger partial charge is 0.301 e. The van der Waals surface area contributed by atoms with Crippen molar-refractivity contribution in [2.75, 3.05) is 5.06 Å². The van der Waals surface area contributed by atoms with Gasteiger partial charge in [0.05, 0.1) is 11.4 Å². The molecule has 122 valence electrons. The number of hydrogen-bond donors (Lipinski definition) is 2. The molecule has 3 rings (SSSR count). The lowest BCUT2D eigenvalue weighted by Crippen LogP contribution is -2.18. The predicted molar refractivity (Wildman–Crippen MR) is 87.0 cm³/mol. The average Bonchev–Trinajstić information content (AvgIpc) is 2.61. The Morgan fingerprint density at radius 3 is 2.46 bits per heavy atom. The van der Waals surface area contributed by atoms with Crippen molar-refractivity contribution >= 4 is 19.5 Å². The van der Waals surface area contributed by atoms with Crippen molar-refractivity contribution in [2.45, 2.75) is 0 Å². The van der Waals surface area contributed by atoms with E-state index in [9.17, 15) is 14.4 Å². The lowest BCUT2D eigenvalue weighted by atomic mass is 10.2.